The molecule has 0 bridgehead atoms. The second-order valence-electron chi connectivity index (χ2n) is 3.01. The Morgan fingerprint density at radius 3 is 2.64 bits per heavy atom. The molecule has 14 heavy (non-hydrogen) atoms. The van der Waals surface area contributed by atoms with Crippen molar-refractivity contribution in [2.75, 3.05) is 13.1 Å². The van der Waals surface area contributed by atoms with Crippen LogP contribution < -0.4 is 5.32 Å². The Morgan fingerprint density at radius 1 is 1.43 bits per heavy atom. The quantitative estimate of drug-likeness (QED) is 0.553. The average molecular weight is 195 g/mol. The monoisotopic (exact) mass is 195 g/mol. The highest BCUT2D eigenvalue weighted by molar-refractivity contribution is 5.18. The van der Waals surface area contributed by atoms with Crippen molar-refractivity contribution < 1.29 is 9.50 Å². The van der Waals surface area contributed by atoms with Gasteiger partial charge in [0.15, 0.2) is 0 Å². The minimum absolute atomic E-state index is 0.292. The maximum absolute atomic E-state index is 12.5. The minimum Gasteiger partial charge on any atom is -0.387 e. The van der Waals surface area contributed by atoms with Crippen molar-refractivity contribution in [3.05, 3.63) is 48.3 Å². The summed E-state index contributed by atoms with van der Waals surface area (Å²) < 4.78 is 12.5. The van der Waals surface area contributed by atoms with Crippen molar-refractivity contribution in [2.24, 2.45) is 0 Å². The molecule has 1 aromatic rings. The fourth-order valence-corrected chi connectivity index (χ4v) is 1.12. The number of benzene rings is 1. The van der Waals surface area contributed by atoms with Crippen LogP contribution in [0.15, 0.2) is 36.9 Å². The van der Waals surface area contributed by atoms with Crippen LogP contribution in [0.3, 0.4) is 0 Å². The summed E-state index contributed by atoms with van der Waals surface area (Å²) >= 11 is 0. The smallest absolute Gasteiger partial charge is 0.123 e. The van der Waals surface area contributed by atoms with Gasteiger partial charge in [-0.2, -0.15) is 0 Å². The summed E-state index contributed by atoms with van der Waals surface area (Å²) in [5.41, 5.74) is 0.711. The number of hydrogen-bond acceptors (Lipinski definition) is 2. The summed E-state index contributed by atoms with van der Waals surface area (Å²) in [6.45, 7) is 4.64. The molecule has 0 heterocycles. The molecule has 0 aliphatic heterocycles. The second-order valence-corrected chi connectivity index (χ2v) is 3.01. The molecule has 2 N–H and O–H groups in total. The Kier molecular flexibility index (Phi) is 4.29. The van der Waals surface area contributed by atoms with Crippen LogP contribution in [0, 0.1) is 5.82 Å². The van der Waals surface area contributed by atoms with E-state index in [1.165, 1.54) is 12.1 Å². The van der Waals surface area contributed by atoms with Gasteiger partial charge in [-0.15, -0.1) is 6.58 Å². The molecule has 76 valence electrons. The van der Waals surface area contributed by atoms with Crippen molar-refractivity contribution in [3.8, 4) is 0 Å². The molecule has 0 aromatic heterocycles. The van der Waals surface area contributed by atoms with E-state index in [1.807, 2.05) is 0 Å². The highest BCUT2D eigenvalue weighted by Crippen LogP contribution is 2.11. The molecule has 0 saturated carbocycles. The highest BCUT2D eigenvalue weighted by Gasteiger charge is 2.05. The molecule has 0 radical (unpaired) electrons. The largest absolute Gasteiger partial charge is 0.387 e. The lowest BCUT2D eigenvalue weighted by Gasteiger charge is -2.10. The third kappa shape index (κ3) is 3.28. The van der Waals surface area contributed by atoms with E-state index in [1.54, 1.807) is 18.2 Å². The summed E-state index contributed by atoms with van der Waals surface area (Å²) in [5.74, 6) is -0.292. The lowest BCUT2D eigenvalue weighted by molar-refractivity contribution is 0.176. The zero-order valence-corrected chi connectivity index (χ0v) is 7.91. The fraction of sp³-hybridized carbons (Fsp3) is 0.273. The molecule has 0 fully saturated rings. The van der Waals surface area contributed by atoms with Gasteiger partial charge in [0, 0.05) is 13.1 Å². The Bertz CT molecular complexity index is 284. The zero-order chi connectivity index (χ0) is 10.4. The number of rotatable bonds is 5. The number of halogens is 1. The van der Waals surface area contributed by atoms with Gasteiger partial charge in [-0.1, -0.05) is 18.2 Å². The van der Waals surface area contributed by atoms with E-state index >= 15 is 0 Å². The Morgan fingerprint density at radius 2 is 2.07 bits per heavy atom. The van der Waals surface area contributed by atoms with E-state index in [2.05, 4.69) is 11.9 Å². The van der Waals surface area contributed by atoms with Gasteiger partial charge < -0.3 is 10.4 Å². The molecule has 1 rings (SSSR count). The van der Waals surface area contributed by atoms with Crippen molar-refractivity contribution in [1.29, 1.82) is 0 Å². The van der Waals surface area contributed by atoms with E-state index in [0.717, 1.165) is 0 Å². The van der Waals surface area contributed by atoms with Gasteiger partial charge in [0.25, 0.3) is 0 Å². The number of aliphatic hydroxyl groups is 1. The predicted molar refractivity (Wildman–Crippen MR) is 54.4 cm³/mol. The van der Waals surface area contributed by atoms with Gasteiger partial charge in [0.1, 0.15) is 5.82 Å². The topological polar surface area (TPSA) is 32.3 Å². The average Bonchev–Trinajstić information content (AvgIpc) is 2.19. The Labute approximate surface area is 83.1 Å². The lowest BCUT2D eigenvalue weighted by Crippen LogP contribution is -2.21. The van der Waals surface area contributed by atoms with E-state index in [4.69, 9.17) is 0 Å². The summed E-state index contributed by atoms with van der Waals surface area (Å²) in [5, 5.41) is 12.6. The maximum Gasteiger partial charge on any atom is 0.123 e. The molecule has 0 aliphatic rings. The molecule has 0 spiro atoms. The van der Waals surface area contributed by atoms with Gasteiger partial charge >= 0.3 is 0 Å². The lowest BCUT2D eigenvalue weighted by atomic mass is 10.1. The second kappa shape index (κ2) is 5.52. The molecular weight excluding hydrogens is 181 g/mol. The van der Waals surface area contributed by atoms with Crippen LogP contribution >= 0.6 is 0 Å². The Hall–Kier alpha value is -1.19. The predicted octanol–water partition coefficient (Wildman–Crippen LogP) is 1.63. The molecule has 2 nitrogen and oxygen atoms in total. The first-order chi connectivity index (χ1) is 6.74. The van der Waals surface area contributed by atoms with Crippen LogP contribution in [0.1, 0.15) is 11.7 Å². The highest BCUT2D eigenvalue weighted by atomic mass is 19.1. The first-order valence-electron chi connectivity index (χ1n) is 4.49. The molecular formula is C11H14FNO. The maximum atomic E-state index is 12.5. The standard InChI is InChI=1S/C11H14FNO/c1-2-7-13-8-11(14)9-3-5-10(12)6-4-9/h2-6,11,13-14H,1,7-8H2/t11-/m0/s1. The van der Waals surface area contributed by atoms with Gasteiger partial charge in [0.05, 0.1) is 6.10 Å². The molecule has 0 unspecified atom stereocenters. The van der Waals surface area contributed by atoms with Crippen LogP contribution in [0.4, 0.5) is 4.39 Å². The van der Waals surface area contributed by atoms with E-state index in [9.17, 15) is 9.50 Å². The normalized spacial score (nSPS) is 12.4. The summed E-state index contributed by atoms with van der Waals surface area (Å²) in [4.78, 5) is 0. The van der Waals surface area contributed by atoms with Crippen LogP contribution in [-0.4, -0.2) is 18.2 Å². The summed E-state index contributed by atoms with van der Waals surface area (Å²) in [7, 11) is 0. The van der Waals surface area contributed by atoms with Crippen LogP contribution in [0.5, 0.6) is 0 Å². The first-order valence-corrected chi connectivity index (χ1v) is 4.49. The van der Waals surface area contributed by atoms with Crippen LogP contribution in [0.25, 0.3) is 0 Å². The zero-order valence-electron chi connectivity index (χ0n) is 7.91. The Balaban J connectivity index is 2.47. The fourth-order valence-electron chi connectivity index (χ4n) is 1.12. The third-order valence-corrected chi connectivity index (χ3v) is 1.88. The van der Waals surface area contributed by atoms with Gasteiger partial charge in [0.2, 0.25) is 0 Å². The van der Waals surface area contributed by atoms with Crippen molar-refractivity contribution in [2.45, 2.75) is 6.10 Å². The summed E-state index contributed by atoms with van der Waals surface area (Å²) in [6, 6.07) is 5.84. The van der Waals surface area contributed by atoms with Crippen LogP contribution in [-0.2, 0) is 0 Å². The molecule has 1 atom stereocenters. The van der Waals surface area contributed by atoms with Gasteiger partial charge in [-0.3, -0.25) is 0 Å². The third-order valence-electron chi connectivity index (χ3n) is 1.88. The number of hydrogen-bond donors (Lipinski definition) is 2. The number of aliphatic hydroxyl groups excluding tert-OH is 1. The molecule has 0 amide bonds. The minimum atomic E-state index is -0.601. The molecule has 0 saturated heterocycles. The molecule has 1 aromatic carbocycles. The number of nitrogens with one attached hydrogen (secondary N) is 1. The van der Waals surface area contributed by atoms with Crippen molar-refractivity contribution >= 4 is 0 Å². The molecule has 0 aliphatic carbocycles. The first kappa shape index (κ1) is 10.9. The van der Waals surface area contributed by atoms with E-state index in [-0.39, 0.29) is 5.82 Å². The van der Waals surface area contributed by atoms with Crippen molar-refractivity contribution in [1.82, 2.24) is 5.32 Å². The van der Waals surface area contributed by atoms with Gasteiger partial charge in [-0.25, -0.2) is 4.39 Å². The molecule has 3 heteroatoms. The SMILES string of the molecule is C=CCNC[C@H](O)c1ccc(F)cc1. The van der Waals surface area contributed by atoms with Crippen molar-refractivity contribution in [3.63, 3.8) is 0 Å². The van der Waals surface area contributed by atoms with E-state index < -0.39 is 6.10 Å². The van der Waals surface area contributed by atoms with Gasteiger partial charge in [-0.05, 0) is 17.7 Å². The van der Waals surface area contributed by atoms with E-state index in [0.29, 0.717) is 18.7 Å². The summed E-state index contributed by atoms with van der Waals surface area (Å²) in [6.07, 6.45) is 1.12. The van der Waals surface area contributed by atoms with Crippen LogP contribution in [0.2, 0.25) is 0 Å².